The molecule has 1 aliphatic carbocycles. The Hall–Kier alpha value is -2.24. The van der Waals surface area contributed by atoms with Crippen LogP contribution in [0.3, 0.4) is 0 Å². The minimum atomic E-state index is -0.466. The number of carbonyl (C=O) groups is 1. The van der Waals surface area contributed by atoms with Crippen LogP contribution in [0.4, 0.5) is 4.39 Å². The molecule has 5 nitrogen and oxygen atoms in total. The van der Waals surface area contributed by atoms with Crippen LogP contribution in [0.1, 0.15) is 54.3 Å². The van der Waals surface area contributed by atoms with Crippen LogP contribution in [0.15, 0.2) is 30.6 Å². The van der Waals surface area contributed by atoms with Crippen molar-refractivity contribution in [1.29, 1.82) is 0 Å². The number of piperidine rings is 1. The summed E-state index contributed by atoms with van der Waals surface area (Å²) in [4.78, 5) is 14.7. The van der Waals surface area contributed by atoms with Gasteiger partial charge in [-0.25, -0.2) is 4.39 Å². The first-order chi connectivity index (χ1) is 11.7. The van der Waals surface area contributed by atoms with E-state index >= 15 is 0 Å². The van der Waals surface area contributed by atoms with Crippen molar-refractivity contribution < 1.29 is 9.18 Å². The molecule has 1 aliphatic heterocycles. The number of aromatic nitrogens is 3. The van der Waals surface area contributed by atoms with Gasteiger partial charge in [0.05, 0.1) is 11.6 Å². The molecular weight excluding hydrogens is 307 g/mol. The maximum atomic E-state index is 14.0. The Balaban J connectivity index is 1.62. The Kier molecular flexibility index (Phi) is 4.04. The summed E-state index contributed by atoms with van der Waals surface area (Å²) in [5.74, 6) is 0.829. The summed E-state index contributed by atoms with van der Waals surface area (Å²) in [6.07, 6.45) is 7.09. The molecule has 2 fully saturated rings. The van der Waals surface area contributed by atoms with E-state index in [1.165, 1.54) is 18.9 Å². The van der Waals surface area contributed by atoms with Crippen LogP contribution in [0.2, 0.25) is 0 Å². The van der Waals surface area contributed by atoms with Gasteiger partial charge >= 0.3 is 0 Å². The number of rotatable bonds is 4. The second kappa shape index (κ2) is 6.34. The molecule has 1 saturated heterocycles. The van der Waals surface area contributed by atoms with Crippen LogP contribution in [-0.2, 0) is 6.54 Å². The lowest BCUT2D eigenvalue weighted by Crippen LogP contribution is -2.40. The van der Waals surface area contributed by atoms with E-state index in [9.17, 15) is 9.18 Å². The van der Waals surface area contributed by atoms with Crippen LogP contribution in [0, 0.1) is 11.7 Å². The van der Waals surface area contributed by atoms with Crippen LogP contribution >= 0.6 is 0 Å². The molecule has 126 valence electrons. The predicted molar refractivity (Wildman–Crippen MR) is 86.8 cm³/mol. The number of carbonyl (C=O) groups excluding carboxylic acids is 1. The van der Waals surface area contributed by atoms with E-state index in [1.54, 1.807) is 29.4 Å². The van der Waals surface area contributed by atoms with Crippen LogP contribution in [0.25, 0.3) is 0 Å². The summed E-state index contributed by atoms with van der Waals surface area (Å²) >= 11 is 0. The fraction of sp³-hybridized carbons (Fsp3) is 0.500. The van der Waals surface area contributed by atoms with Crippen molar-refractivity contribution in [3.05, 3.63) is 47.8 Å². The van der Waals surface area contributed by atoms with Crippen LogP contribution < -0.4 is 0 Å². The van der Waals surface area contributed by atoms with Crippen molar-refractivity contribution in [3.63, 3.8) is 0 Å². The molecule has 0 bridgehead atoms. The van der Waals surface area contributed by atoms with Gasteiger partial charge in [0.25, 0.3) is 5.91 Å². The van der Waals surface area contributed by atoms with E-state index in [4.69, 9.17) is 0 Å². The van der Waals surface area contributed by atoms with Gasteiger partial charge in [0, 0.05) is 13.1 Å². The molecule has 2 heterocycles. The molecule has 1 saturated carbocycles. The van der Waals surface area contributed by atoms with Gasteiger partial charge in [-0.05, 0) is 50.2 Å². The molecule has 4 rings (SSSR count). The molecule has 2 aliphatic rings. The SMILES string of the molecule is O=C(c1ccccc1F)N1CCCC[C@H]1c1nncn1CC1CC1. The lowest BCUT2D eigenvalue weighted by atomic mass is 9.99. The molecule has 6 heteroatoms. The predicted octanol–water partition coefficient (Wildman–Crippen LogP) is 3.19. The second-order valence-electron chi connectivity index (χ2n) is 6.77. The average Bonchev–Trinajstić information content (AvgIpc) is 3.30. The van der Waals surface area contributed by atoms with E-state index in [0.29, 0.717) is 12.5 Å². The number of hydrogen-bond donors (Lipinski definition) is 0. The van der Waals surface area contributed by atoms with Crippen molar-refractivity contribution >= 4 is 5.91 Å². The van der Waals surface area contributed by atoms with Crippen molar-refractivity contribution in [2.45, 2.75) is 44.7 Å². The van der Waals surface area contributed by atoms with Gasteiger partial charge in [-0.2, -0.15) is 0 Å². The summed E-state index contributed by atoms with van der Waals surface area (Å²) < 4.78 is 16.1. The van der Waals surface area contributed by atoms with Crippen LogP contribution in [0.5, 0.6) is 0 Å². The van der Waals surface area contributed by atoms with Crippen molar-refractivity contribution in [2.24, 2.45) is 5.92 Å². The molecule has 1 amide bonds. The third kappa shape index (κ3) is 2.92. The van der Waals surface area contributed by atoms with Crippen molar-refractivity contribution in [2.75, 3.05) is 6.54 Å². The quantitative estimate of drug-likeness (QED) is 0.866. The zero-order valence-corrected chi connectivity index (χ0v) is 13.6. The number of halogens is 1. The first-order valence-electron chi connectivity index (χ1n) is 8.67. The maximum Gasteiger partial charge on any atom is 0.257 e. The number of hydrogen-bond acceptors (Lipinski definition) is 3. The number of likely N-dealkylation sites (tertiary alicyclic amines) is 1. The topological polar surface area (TPSA) is 51.0 Å². The summed E-state index contributed by atoms with van der Waals surface area (Å²) in [7, 11) is 0. The third-order valence-electron chi connectivity index (χ3n) is 4.96. The summed E-state index contributed by atoms with van der Waals surface area (Å²) in [5, 5.41) is 8.36. The Morgan fingerprint density at radius 2 is 2.04 bits per heavy atom. The van der Waals surface area contributed by atoms with E-state index < -0.39 is 5.82 Å². The molecule has 0 unspecified atom stereocenters. The molecular formula is C18H21FN4O. The average molecular weight is 328 g/mol. The molecule has 0 spiro atoms. The standard InChI is InChI=1S/C18H21FN4O/c19-15-6-2-1-5-14(15)18(24)23-10-4-3-7-16(23)17-21-20-12-22(17)11-13-8-9-13/h1-2,5-6,12-13,16H,3-4,7-11H2/t16-/m0/s1. The summed E-state index contributed by atoms with van der Waals surface area (Å²) in [5.41, 5.74) is 0.137. The maximum absolute atomic E-state index is 14.0. The molecule has 0 N–H and O–H groups in total. The Labute approximate surface area is 140 Å². The zero-order valence-electron chi connectivity index (χ0n) is 13.6. The second-order valence-corrected chi connectivity index (χ2v) is 6.77. The van der Waals surface area contributed by atoms with Gasteiger partial charge in [0.15, 0.2) is 5.82 Å². The van der Waals surface area contributed by atoms with Crippen molar-refractivity contribution in [1.82, 2.24) is 19.7 Å². The van der Waals surface area contributed by atoms with E-state index in [0.717, 1.165) is 31.6 Å². The summed E-state index contributed by atoms with van der Waals surface area (Å²) in [6, 6.07) is 6.07. The largest absolute Gasteiger partial charge is 0.328 e. The molecule has 1 aromatic carbocycles. The smallest absolute Gasteiger partial charge is 0.257 e. The lowest BCUT2D eigenvalue weighted by molar-refractivity contribution is 0.0589. The number of amides is 1. The molecule has 1 aromatic heterocycles. The van der Waals surface area contributed by atoms with Gasteiger partial charge in [-0.3, -0.25) is 4.79 Å². The first-order valence-corrected chi connectivity index (χ1v) is 8.67. The fourth-order valence-electron chi connectivity index (χ4n) is 3.47. The highest BCUT2D eigenvalue weighted by molar-refractivity contribution is 5.94. The normalized spacial score (nSPS) is 21.0. The molecule has 1 atom stereocenters. The zero-order chi connectivity index (χ0) is 16.5. The first kappa shape index (κ1) is 15.3. The highest BCUT2D eigenvalue weighted by Gasteiger charge is 2.34. The van der Waals surface area contributed by atoms with E-state index in [2.05, 4.69) is 14.8 Å². The Bertz CT molecular complexity index is 740. The minimum absolute atomic E-state index is 0.118. The lowest BCUT2D eigenvalue weighted by Gasteiger charge is -2.35. The van der Waals surface area contributed by atoms with Gasteiger partial charge in [-0.15, -0.1) is 10.2 Å². The van der Waals surface area contributed by atoms with Gasteiger partial charge in [0.2, 0.25) is 0 Å². The third-order valence-corrected chi connectivity index (χ3v) is 4.96. The Morgan fingerprint density at radius 3 is 2.83 bits per heavy atom. The summed E-state index contributed by atoms with van der Waals surface area (Å²) in [6.45, 7) is 1.55. The van der Waals surface area contributed by atoms with Gasteiger partial charge in [0.1, 0.15) is 12.1 Å². The van der Waals surface area contributed by atoms with E-state index in [-0.39, 0.29) is 17.5 Å². The highest BCUT2D eigenvalue weighted by atomic mass is 19.1. The van der Waals surface area contributed by atoms with Gasteiger partial charge in [-0.1, -0.05) is 12.1 Å². The fourth-order valence-corrected chi connectivity index (χ4v) is 3.47. The highest BCUT2D eigenvalue weighted by Crippen LogP contribution is 2.34. The molecule has 2 aromatic rings. The Morgan fingerprint density at radius 1 is 1.21 bits per heavy atom. The van der Waals surface area contributed by atoms with Crippen molar-refractivity contribution in [3.8, 4) is 0 Å². The van der Waals surface area contributed by atoms with Gasteiger partial charge < -0.3 is 9.47 Å². The van der Waals surface area contributed by atoms with E-state index in [1.807, 2.05) is 0 Å². The molecule has 0 radical (unpaired) electrons. The van der Waals surface area contributed by atoms with Crippen LogP contribution in [-0.4, -0.2) is 32.1 Å². The monoisotopic (exact) mass is 328 g/mol. The number of benzene rings is 1. The number of nitrogens with zero attached hydrogens (tertiary/aromatic N) is 4. The minimum Gasteiger partial charge on any atom is -0.328 e. The molecule has 24 heavy (non-hydrogen) atoms.